The van der Waals surface area contributed by atoms with E-state index < -0.39 is 17.0 Å². The Morgan fingerprint density at radius 3 is 2.55 bits per heavy atom. The van der Waals surface area contributed by atoms with Gasteiger partial charge in [0.25, 0.3) is 0 Å². The van der Waals surface area contributed by atoms with E-state index in [1.165, 1.54) is 28.5 Å². The van der Waals surface area contributed by atoms with Crippen molar-refractivity contribution in [1.82, 2.24) is 14.5 Å². The highest BCUT2D eigenvalue weighted by molar-refractivity contribution is 7.83. The zero-order chi connectivity index (χ0) is 20.2. The number of hydrogen-bond acceptors (Lipinski definition) is 4. The fraction of sp³-hybridized carbons (Fsp3) is 0.524. The number of amides is 2. The van der Waals surface area contributed by atoms with E-state index in [1.54, 1.807) is 4.68 Å². The molecule has 3 aliphatic rings. The molecule has 29 heavy (non-hydrogen) atoms. The van der Waals surface area contributed by atoms with E-state index >= 15 is 0 Å². The number of rotatable bonds is 3. The third kappa shape index (κ3) is 3.33. The minimum absolute atomic E-state index is 0.0311. The number of carbonyl (C=O) groups excluding carboxylic acids is 1. The number of nitrogens with zero attached hydrogens (tertiary/aromatic N) is 2. The molecule has 1 atom stereocenters. The molecule has 7 nitrogen and oxygen atoms in total. The zero-order valence-electron chi connectivity index (χ0n) is 16.8. The van der Waals surface area contributed by atoms with Crippen LogP contribution in [0.2, 0.25) is 0 Å². The monoisotopic (exact) mass is 414 g/mol. The van der Waals surface area contributed by atoms with Gasteiger partial charge in [0, 0.05) is 11.1 Å². The molecule has 0 radical (unpaired) electrons. The van der Waals surface area contributed by atoms with Crippen LogP contribution in [0.25, 0.3) is 0 Å². The Labute approximate surface area is 172 Å². The number of aromatic nitrogens is 2. The molecule has 2 N–H and O–H groups in total. The van der Waals surface area contributed by atoms with Crippen molar-refractivity contribution < 1.29 is 13.7 Å². The van der Waals surface area contributed by atoms with E-state index in [2.05, 4.69) is 35.1 Å². The predicted octanol–water partition coefficient (Wildman–Crippen LogP) is 3.12. The SMILES string of the molecule is CC1(C)COc2c(S(=O)NC(=O)Nc3c4c(cc5c3CCC5)CCC4)cnn2C1. The third-order valence-electron chi connectivity index (χ3n) is 6.03. The maximum absolute atomic E-state index is 12.8. The van der Waals surface area contributed by atoms with Gasteiger partial charge in [-0.15, -0.1) is 0 Å². The van der Waals surface area contributed by atoms with Crippen LogP contribution in [0.1, 0.15) is 48.9 Å². The van der Waals surface area contributed by atoms with Crippen molar-refractivity contribution in [2.45, 2.75) is 63.8 Å². The first kappa shape index (κ1) is 18.7. The second-order valence-electron chi connectivity index (χ2n) is 8.98. The third-order valence-corrected chi connectivity index (χ3v) is 7.08. The first-order chi connectivity index (χ1) is 13.9. The van der Waals surface area contributed by atoms with E-state index in [0.29, 0.717) is 23.9 Å². The van der Waals surface area contributed by atoms with Crippen LogP contribution in [0.15, 0.2) is 17.2 Å². The van der Waals surface area contributed by atoms with E-state index in [1.807, 2.05) is 0 Å². The summed E-state index contributed by atoms with van der Waals surface area (Å²) < 4.78 is 22.9. The number of nitrogens with one attached hydrogen (secondary N) is 2. The molecule has 2 amide bonds. The van der Waals surface area contributed by atoms with Crippen LogP contribution in [0.3, 0.4) is 0 Å². The molecule has 0 saturated heterocycles. The molecule has 0 fully saturated rings. The van der Waals surface area contributed by atoms with Crippen LogP contribution in [0, 0.1) is 5.41 Å². The minimum atomic E-state index is -1.74. The van der Waals surface area contributed by atoms with Gasteiger partial charge >= 0.3 is 6.03 Å². The largest absolute Gasteiger partial charge is 0.476 e. The maximum Gasteiger partial charge on any atom is 0.331 e. The van der Waals surface area contributed by atoms with Crippen LogP contribution in [-0.2, 0) is 43.2 Å². The summed E-state index contributed by atoms with van der Waals surface area (Å²) in [4.78, 5) is 13.1. The number of anilines is 1. The van der Waals surface area contributed by atoms with Gasteiger partial charge in [0.2, 0.25) is 5.88 Å². The van der Waals surface area contributed by atoms with Gasteiger partial charge in [-0.05, 0) is 60.8 Å². The van der Waals surface area contributed by atoms with Crippen molar-refractivity contribution in [3.63, 3.8) is 0 Å². The second-order valence-corrected chi connectivity index (χ2v) is 10.2. The highest BCUT2D eigenvalue weighted by atomic mass is 32.2. The number of benzene rings is 1. The Bertz CT molecular complexity index is 995. The Balaban J connectivity index is 1.34. The topological polar surface area (TPSA) is 85.2 Å². The lowest BCUT2D eigenvalue weighted by Crippen LogP contribution is -2.34. The van der Waals surface area contributed by atoms with E-state index in [4.69, 9.17) is 4.74 Å². The van der Waals surface area contributed by atoms with Crippen LogP contribution in [0.4, 0.5) is 10.5 Å². The molecule has 1 aliphatic heterocycles. The molecule has 1 unspecified atom stereocenters. The smallest absolute Gasteiger partial charge is 0.331 e. The van der Waals surface area contributed by atoms with Gasteiger partial charge in [0.15, 0.2) is 11.0 Å². The van der Waals surface area contributed by atoms with Crippen LogP contribution < -0.4 is 14.8 Å². The minimum Gasteiger partial charge on any atom is -0.476 e. The molecule has 154 valence electrons. The van der Waals surface area contributed by atoms with Gasteiger partial charge in [-0.25, -0.2) is 13.7 Å². The number of ether oxygens (including phenoxy) is 1. The Morgan fingerprint density at radius 2 is 1.86 bits per heavy atom. The van der Waals surface area contributed by atoms with E-state index in [-0.39, 0.29) is 5.41 Å². The summed E-state index contributed by atoms with van der Waals surface area (Å²) in [5.74, 6) is 0.476. The highest BCUT2D eigenvalue weighted by Crippen LogP contribution is 2.38. The molecule has 0 bridgehead atoms. The molecular formula is C21H26N4O3S. The molecule has 5 rings (SSSR count). The first-order valence-electron chi connectivity index (χ1n) is 10.3. The van der Waals surface area contributed by atoms with Crippen molar-refractivity contribution >= 4 is 22.7 Å². The maximum atomic E-state index is 12.8. The van der Waals surface area contributed by atoms with Gasteiger partial charge in [0.05, 0.1) is 19.3 Å². The van der Waals surface area contributed by atoms with E-state index in [0.717, 1.165) is 44.2 Å². The molecule has 0 spiro atoms. The quantitative estimate of drug-likeness (QED) is 0.808. The lowest BCUT2D eigenvalue weighted by molar-refractivity contribution is 0.0972. The summed E-state index contributed by atoms with van der Waals surface area (Å²) in [5, 5.41) is 7.30. The molecule has 8 heteroatoms. The lowest BCUT2D eigenvalue weighted by atomic mass is 9.94. The molecule has 2 aliphatic carbocycles. The number of aryl methyl sites for hydroxylation is 2. The van der Waals surface area contributed by atoms with Gasteiger partial charge in [-0.2, -0.15) is 5.10 Å². The fourth-order valence-electron chi connectivity index (χ4n) is 4.70. The van der Waals surface area contributed by atoms with Crippen molar-refractivity contribution in [2.24, 2.45) is 5.41 Å². The average Bonchev–Trinajstić information content (AvgIpc) is 3.38. The summed E-state index contributed by atoms with van der Waals surface area (Å²) in [7, 11) is -1.74. The lowest BCUT2D eigenvalue weighted by Gasteiger charge is -2.30. The van der Waals surface area contributed by atoms with Gasteiger partial charge in [-0.1, -0.05) is 19.9 Å². The standard InChI is InChI=1S/C21H26N4O3S/c1-21(2)11-25-19(28-12-21)17(10-22-25)29(27)24-20(26)23-18-15-7-3-5-13(15)9-14-6-4-8-16(14)18/h9-10H,3-8,11-12H2,1-2H3,(H2,23,24,26). The zero-order valence-corrected chi connectivity index (χ0v) is 17.7. The average molecular weight is 415 g/mol. The predicted molar refractivity (Wildman–Crippen MR) is 111 cm³/mol. The highest BCUT2D eigenvalue weighted by Gasteiger charge is 2.31. The summed E-state index contributed by atoms with van der Waals surface area (Å²) in [6.07, 6.45) is 7.88. The Kier molecular flexibility index (Phi) is 4.42. The van der Waals surface area contributed by atoms with E-state index in [9.17, 15) is 9.00 Å². The summed E-state index contributed by atoms with van der Waals surface area (Å²) in [6.45, 7) is 5.40. The molecule has 2 heterocycles. The fourth-order valence-corrected chi connectivity index (χ4v) is 5.50. The summed E-state index contributed by atoms with van der Waals surface area (Å²) in [6, 6.07) is 1.87. The number of carbonyl (C=O) groups is 1. The Hall–Kier alpha value is -2.35. The number of fused-ring (bicyclic) bond motifs is 3. The number of urea groups is 1. The molecule has 2 aromatic rings. The summed E-state index contributed by atoms with van der Waals surface area (Å²) >= 11 is 0. The van der Waals surface area contributed by atoms with Gasteiger partial charge < -0.3 is 10.1 Å². The molecule has 1 aromatic heterocycles. The Morgan fingerprint density at radius 1 is 1.17 bits per heavy atom. The van der Waals surface area contributed by atoms with Crippen molar-refractivity contribution in [3.8, 4) is 5.88 Å². The second kappa shape index (κ2) is 6.86. The first-order valence-corrected chi connectivity index (χ1v) is 11.4. The van der Waals surface area contributed by atoms with Crippen LogP contribution >= 0.6 is 0 Å². The van der Waals surface area contributed by atoms with Crippen molar-refractivity contribution in [3.05, 3.63) is 34.5 Å². The van der Waals surface area contributed by atoms with Crippen LogP contribution in [0.5, 0.6) is 5.88 Å². The van der Waals surface area contributed by atoms with Crippen LogP contribution in [-0.4, -0.2) is 26.6 Å². The van der Waals surface area contributed by atoms with Crippen molar-refractivity contribution in [1.29, 1.82) is 0 Å². The van der Waals surface area contributed by atoms with Gasteiger partial charge in [0.1, 0.15) is 4.90 Å². The molecule has 0 saturated carbocycles. The van der Waals surface area contributed by atoms with Gasteiger partial charge in [-0.3, -0.25) is 4.72 Å². The number of hydrogen-bond donors (Lipinski definition) is 2. The summed E-state index contributed by atoms with van der Waals surface area (Å²) in [5.41, 5.74) is 6.11. The normalized spacial score (nSPS) is 19.7. The molecular weight excluding hydrogens is 388 g/mol. The van der Waals surface area contributed by atoms with Crippen molar-refractivity contribution in [2.75, 3.05) is 11.9 Å². The molecule has 1 aromatic carbocycles.